The summed E-state index contributed by atoms with van der Waals surface area (Å²) in [5, 5.41) is 2.81. The van der Waals surface area contributed by atoms with E-state index in [-0.39, 0.29) is 0 Å². The fraction of sp³-hybridized carbons (Fsp3) is 0.174. The fourth-order valence-electron chi connectivity index (χ4n) is 3.45. The third-order valence-electron chi connectivity index (χ3n) is 4.46. The Kier molecular flexibility index (Phi) is 6.71. The van der Waals surface area contributed by atoms with Crippen LogP contribution in [0.15, 0.2) is 72.8 Å². The molecule has 0 aliphatic heterocycles. The van der Waals surface area contributed by atoms with Crippen molar-refractivity contribution < 1.29 is 9.36 Å². The molecule has 0 saturated carbocycles. The minimum Gasteiger partial charge on any atom is -0.309 e. The lowest BCUT2D eigenvalue weighted by molar-refractivity contribution is -0.0979. The summed E-state index contributed by atoms with van der Waals surface area (Å²) in [6, 6.07) is 24.1. The van der Waals surface area contributed by atoms with Crippen LogP contribution in [0, 0.1) is 13.8 Å². The first-order valence-electron chi connectivity index (χ1n) is 8.68. The van der Waals surface area contributed by atoms with Gasteiger partial charge in [0.25, 0.3) is 0 Å². The molecular formula is C23H25O2P. The number of rotatable bonds is 4. The Morgan fingerprint density at radius 2 is 1.27 bits per heavy atom. The van der Waals surface area contributed by atoms with Crippen LogP contribution in [0.5, 0.6) is 0 Å². The van der Waals surface area contributed by atoms with Crippen LogP contribution in [0.3, 0.4) is 0 Å². The molecule has 0 spiro atoms. The van der Waals surface area contributed by atoms with Crippen molar-refractivity contribution in [2.45, 2.75) is 27.2 Å². The highest BCUT2D eigenvalue weighted by atomic mass is 31.2. The maximum Gasteiger partial charge on any atom is 0.171 e. The van der Waals surface area contributed by atoms with Crippen LogP contribution < -0.4 is 15.9 Å². The molecule has 0 amide bonds. The van der Waals surface area contributed by atoms with Gasteiger partial charge in [-0.1, -0.05) is 85.3 Å². The van der Waals surface area contributed by atoms with Crippen molar-refractivity contribution in [3.8, 4) is 0 Å². The average Bonchev–Trinajstić information content (AvgIpc) is 2.69. The van der Waals surface area contributed by atoms with Crippen molar-refractivity contribution in [1.29, 1.82) is 0 Å². The summed E-state index contributed by atoms with van der Waals surface area (Å²) in [4.78, 5) is 8.00. The van der Waals surface area contributed by atoms with Crippen molar-refractivity contribution in [1.82, 2.24) is 0 Å². The van der Waals surface area contributed by atoms with E-state index in [2.05, 4.69) is 32.9 Å². The molecule has 3 heteroatoms. The molecule has 0 radical (unpaired) electrons. The van der Waals surface area contributed by atoms with Crippen LogP contribution in [0.2, 0.25) is 0 Å². The second-order valence-corrected chi connectivity index (χ2v) is 8.92. The van der Waals surface area contributed by atoms with Crippen LogP contribution >= 0.6 is 7.14 Å². The largest absolute Gasteiger partial charge is 0.309 e. The van der Waals surface area contributed by atoms with Crippen LogP contribution in [-0.2, 0) is 15.8 Å². The lowest BCUT2D eigenvalue weighted by atomic mass is 10.1. The van der Waals surface area contributed by atoms with E-state index in [0.29, 0.717) is 0 Å². The second kappa shape index (κ2) is 8.78. The molecule has 3 aromatic rings. The number of benzene rings is 3. The summed E-state index contributed by atoms with van der Waals surface area (Å²) in [5.41, 5.74) is 3.52. The van der Waals surface area contributed by atoms with Crippen LogP contribution in [0.1, 0.15) is 23.6 Å². The van der Waals surface area contributed by atoms with Crippen molar-refractivity contribution in [2.24, 2.45) is 0 Å². The molecule has 0 unspecified atom stereocenters. The van der Waals surface area contributed by atoms with Crippen molar-refractivity contribution in [3.63, 3.8) is 0 Å². The first-order chi connectivity index (χ1) is 12.6. The van der Waals surface area contributed by atoms with Gasteiger partial charge in [-0.15, -0.1) is 0 Å². The summed E-state index contributed by atoms with van der Waals surface area (Å²) >= 11 is 0. The van der Waals surface area contributed by atoms with Gasteiger partial charge in [0, 0.05) is 15.9 Å². The smallest absolute Gasteiger partial charge is 0.171 e. The van der Waals surface area contributed by atoms with E-state index in [1.54, 1.807) is 0 Å². The van der Waals surface area contributed by atoms with Crippen molar-refractivity contribution in [2.75, 3.05) is 0 Å². The summed E-state index contributed by atoms with van der Waals surface area (Å²) in [7, 11) is -2.89. The molecule has 26 heavy (non-hydrogen) atoms. The van der Waals surface area contributed by atoms with Gasteiger partial charge in [0.05, 0.1) is 0 Å². The van der Waals surface area contributed by atoms with Gasteiger partial charge in [-0.05, 0) is 31.4 Å². The molecule has 0 aromatic heterocycles. The Bertz CT molecular complexity index is 859. The zero-order valence-corrected chi connectivity index (χ0v) is 16.5. The maximum absolute atomic E-state index is 14.5. The normalized spacial score (nSPS) is 10.7. The molecule has 0 fully saturated rings. The molecule has 0 atom stereocenters. The molecular weight excluding hydrogens is 339 g/mol. The highest BCUT2D eigenvalue weighted by molar-refractivity contribution is 7.85. The van der Waals surface area contributed by atoms with Crippen molar-refractivity contribution >= 4 is 29.8 Å². The third kappa shape index (κ3) is 3.71. The Hall–Kier alpha value is -2.44. The van der Waals surface area contributed by atoms with E-state index in [0.717, 1.165) is 27.9 Å². The average molecular weight is 364 g/mol. The molecule has 0 saturated heterocycles. The van der Waals surface area contributed by atoms with Gasteiger partial charge in [-0.25, -0.2) is 0 Å². The van der Waals surface area contributed by atoms with Gasteiger partial charge in [0.15, 0.2) is 7.14 Å². The Morgan fingerprint density at radius 3 is 1.69 bits per heavy atom. The molecule has 3 aromatic carbocycles. The number of carbonyl (C=O) groups is 1. The molecule has 0 heterocycles. The first kappa shape index (κ1) is 19.9. The molecule has 3 rings (SSSR count). The van der Waals surface area contributed by atoms with Gasteiger partial charge < -0.3 is 9.36 Å². The minimum absolute atomic E-state index is 0.876. The second-order valence-electron chi connectivity index (χ2n) is 6.22. The lowest BCUT2D eigenvalue weighted by Gasteiger charge is -2.25. The number of hydrogen-bond donors (Lipinski definition) is 0. The van der Waals surface area contributed by atoms with Crippen LogP contribution in [0.4, 0.5) is 0 Å². The molecule has 0 bridgehead atoms. The highest BCUT2D eigenvalue weighted by Gasteiger charge is 2.32. The highest BCUT2D eigenvalue weighted by Crippen LogP contribution is 2.44. The van der Waals surface area contributed by atoms with Gasteiger partial charge in [0.1, 0.15) is 6.79 Å². The molecule has 0 aliphatic rings. The van der Waals surface area contributed by atoms with Gasteiger partial charge >= 0.3 is 0 Å². The standard InChI is InChI=1S/C22H23OP.CH2O/c1-4-19-16-17(2)15-18(3)22(19)24(23,20-11-7-5-8-12-20)21-13-9-6-10-14-21;1-2/h5-16H,4H2,1-3H3;1H2. The third-order valence-corrected chi connectivity index (χ3v) is 7.78. The SMILES string of the molecule is C=O.CCc1cc(C)cc(C)c1P(=O)(c1ccccc1)c1ccccc1. The van der Waals surface area contributed by atoms with Crippen molar-refractivity contribution in [3.05, 3.63) is 89.5 Å². The zero-order valence-electron chi connectivity index (χ0n) is 15.6. The molecule has 2 nitrogen and oxygen atoms in total. The molecule has 0 N–H and O–H groups in total. The quantitative estimate of drug-likeness (QED) is 0.646. The maximum atomic E-state index is 14.5. The predicted molar refractivity (Wildman–Crippen MR) is 112 cm³/mol. The topological polar surface area (TPSA) is 34.1 Å². The lowest BCUT2D eigenvalue weighted by Crippen LogP contribution is -2.29. The van der Waals surface area contributed by atoms with Gasteiger partial charge in [-0.3, -0.25) is 0 Å². The molecule has 134 valence electrons. The summed E-state index contributed by atoms with van der Waals surface area (Å²) in [5.74, 6) is 0. The summed E-state index contributed by atoms with van der Waals surface area (Å²) in [6.45, 7) is 8.32. The Morgan fingerprint density at radius 1 is 0.808 bits per heavy atom. The molecule has 0 aliphatic carbocycles. The van der Waals surface area contributed by atoms with E-state index in [9.17, 15) is 4.57 Å². The monoisotopic (exact) mass is 364 g/mol. The van der Waals surface area contributed by atoms with E-state index < -0.39 is 7.14 Å². The van der Waals surface area contributed by atoms with Crippen LogP contribution in [-0.4, -0.2) is 6.79 Å². The van der Waals surface area contributed by atoms with Gasteiger partial charge in [0.2, 0.25) is 0 Å². The Balaban J connectivity index is 0.00000117. The predicted octanol–water partition coefficient (Wildman–Crippen LogP) is 4.32. The van der Waals surface area contributed by atoms with E-state index >= 15 is 0 Å². The fourth-order valence-corrected chi connectivity index (χ4v) is 6.64. The Labute approximate surface area is 156 Å². The summed E-state index contributed by atoms with van der Waals surface area (Å²) in [6.07, 6.45) is 0.876. The van der Waals surface area contributed by atoms with E-state index in [4.69, 9.17) is 4.79 Å². The van der Waals surface area contributed by atoms with E-state index in [1.807, 2.05) is 67.5 Å². The van der Waals surface area contributed by atoms with Crippen LogP contribution in [0.25, 0.3) is 0 Å². The number of aryl methyl sites for hydroxylation is 3. The minimum atomic E-state index is -2.89. The van der Waals surface area contributed by atoms with E-state index in [1.165, 1.54) is 11.1 Å². The zero-order chi connectivity index (χ0) is 19.2. The number of hydrogen-bond acceptors (Lipinski definition) is 2. The summed E-state index contributed by atoms with van der Waals surface area (Å²) < 4.78 is 14.5. The first-order valence-corrected chi connectivity index (χ1v) is 10.4. The number of carbonyl (C=O) groups excluding carboxylic acids is 1. The van der Waals surface area contributed by atoms with Gasteiger partial charge in [-0.2, -0.15) is 0 Å².